The molecule has 30 heavy (non-hydrogen) atoms. The molecular formula is C23H43N3O4. The number of rotatable bonds is 12. The molecule has 0 bridgehead atoms. The predicted molar refractivity (Wildman–Crippen MR) is 121 cm³/mol. The van der Waals surface area contributed by atoms with Gasteiger partial charge in [0.05, 0.1) is 18.2 Å². The minimum absolute atomic E-state index is 0.0783. The number of ether oxygens (including phenoxy) is 1. The molecule has 2 atom stereocenters. The maximum absolute atomic E-state index is 13.4. The monoisotopic (exact) mass is 425 g/mol. The molecular weight excluding hydrogens is 382 g/mol. The SMILES string of the molecule is CCOC(=O)C(C)=C[C@H](C(C)C)N(C)C(=O)[C@@H](NC(=O)C(CC)(CC)NC)C(C)C. The van der Waals surface area contributed by atoms with Crippen molar-refractivity contribution in [1.29, 1.82) is 0 Å². The molecule has 0 aliphatic heterocycles. The number of nitrogens with one attached hydrogen (secondary N) is 2. The quantitative estimate of drug-likeness (QED) is 0.371. The summed E-state index contributed by atoms with van der Waals surface area (Å²) in [6.07, 6.45) is 3.02. The van der Waals surface area contributed by atoms with Gasteiger partial charge >= 0.3 is 5.97 Å². The lowest BCUT2D eigenvalue weighted by Crippen LogP contribution is -2.61. The molecule has 0 saturated heterocycles. The van der Waals surface area contributed by atoms with E-state index in [1.165, 1.54) is 0 Å². The first-order chi connectivity index (χ1) is 13.9. The highest BCUT2D eigenvalue weighted by Crippen LogP contribution is 2.19. The summed E-state index contributed by atoms with van der Waals surface area (Å²) in [5.74, 6) is -0.746. The van der Waals surface area contributed by atoms with Crippen molar-refractivity contribution in [3.8, 4) is 0 Å². The number of carbonyl (C=O) groups is 3. The molecule has 0 aromatic heterocycles. The molecule has 174 valence electrons. The summed E-state index contributed by atoms with van der Waals surface area (Å²) < 4.78 is 5.06. The number of carbonyl (C=O) groups excluding carboxylic acids is 3. The summed E-state index contributed by atoms with van der Waals surface area (Å²) in [5.41, 5.74) is -0.240. The van der Waals surface area contributed by atoms with Gasteiger partial charge in [0, 0.05) is 12.6 Å². The first-order valence-electron chi connectivity index (χ1n) is 11.0. The van der Waals surface area contributed by atoms with Crippen molar-refractivity contribution in [3.05, 3.63) is 11.6 Å². The standard InChI is InChI=1S/C23H43N3O4/c1-11-23(12-2,24-9)22(29)25-19(16(6)7)20(27)26(10)18(15(4)5)14-17(8)21(28)30-13-3/h14-16,18-19,24H,11-13H2,1-10H3,(H,25,29)/t18-,19+/m1/s1. The number of amides is 2. The summed E-state index contributed by atoms with van der Waals surface area (Å²) in [4.78, 5) is 40.1. The van der Waals surface area contributed by atoms with Crippen LogP contribution in [0.4, 0.5) is 0 Å². The van der Waals surface area contributed by atoms with E-state index < -0.39 is 11.6 Å². The smallest absolute Gasteiger partial charge is 0.333 e. The van der Waals surface area contributed by atoms with Crippen LogP contribution in [0.15, 0.2) is 11.6 Å². The Kier molecular flexibility index (Phi) is 11.9. The molecule has 0 aliphatic carbocycles. The Morgan fingerprint density at radius 1 is 1.03 bits per heavy atom. The summed E-state index contributed by atoms with van der Waals surface area (Å²) in [5, 5.41) is 6.10. The average Bonchev–Trinajstić information content (AvgIpc) is 2.70. The van der Waals surface area contributed by atoms with E-state index >= 15 is 0 Å². The van der Waals surface area contributed by atoms with E-state index in [2.05, 4.69) is 10.6 Å². The lowest BCUT2D eigenvalue weighted by atomic mass is 9.90. The minimum Gasteiger partial charge on any atom is -0.463 e. The zero-order chi connectivity index (χ0) is 23.6. The largest absolute Gasteiger partial charge is 0.463 e. The van der Waals surface area contributed by atoms with Crippen LogP contribution >= 0.6 is 0 Å². The zero-order valence-electron chi connectivity index (χ0n) is 20.6. The summed E-state index contributed by atoms with van der Waals surface area (Å²) in [6, 6.07) is -0.961. The Labute approximate surface area is 183 Å². The van der Waals surface area contributed by atoms with E-state index in [9.17, 15) is 14.4 Å². The van der Waals surface area contributed by atoms with Crippen LogP contribution in [0.2, 0.25) is 0 Å². The average molecular weight is 426 g/mol. The predicted octanol–water partition coefficient (Wildman–Crippen LogP) is 2.90. The number of hydrogen-bond donors (Lipinski definition) is 2. The van der Waals surface area contributed by atoms with Crippen molar-refractivity contribution in [2.24, 2.45) is 11.8 Å². The zero-order valence-corrected chi connectivity index (χ0v) is 20.6. The van der Waals surface area contributed by atoms with Crippen LogP contribution in [0, 0.1) is 11.8 Å². The summed E-state index contributed by atoms with van der Waals surface area (Å²) in [7, 11) is 3.48. The van der Waals surface area contributed by atoms with Crippen LogP contribution in [0.1, 0.15) is 68.2 Å². The molecule has 0 fully saturated rings. The second kappa shape index (κ2) is 12.7. The van der Waals surface area contributed by atoms with Gasteiger partial charge in [-0.15, -0.1) is 0 Å². The molecule has 0 aromatic rings. The third-order valence-corrected chi connectivity index (χ3v) is 5.84. The number of hydrogen-bond acceptors (Lipinski definition) is 5. The summed E-state index contributed by atoms with van der Waals surface area (Å²) in [6.45, 7) is 15.5. The van der Waals surface area contributed by atoms with Gasteiger partial charge in [-0.05, 0) is 45.6 Å². The lowest BCUT2D eigenvalue weighted by molar-refractivity contribution is -0.140. The molecule has 0 radical (unpaired) electrons. The number of esters is 1. The highest BCUT2D eigenvalue weighted by molar-refractivity contribution is 5.92. The van der Waals surface area contributed by atoms with Crippen LogP contribution in [-0.4, -0.2) is 61.0 Å². The van der Waals surface area contributed by atoms with E-state index in [1.54, 1.807) is 38.9 Å². The molecule has 0 heterocycles. The van der Waals surface area contributed by atoms with Crippen LogP contribution < -0.4 is 10.6 Å². The molecule has 7 nitrogen and oxygen atoms in total. The van der Waals surface area contributed by atoms with Gasteiger partial charge < -0.3 is 20.3 Å². The third-order valence-electron chi connectivity index (χ3n) is 5.84. The van der Waals surface area contributed by atoms with Gasteiger partial charge in [-0.1, -0.05) is 47.6 Å². The fraction of sp³-hybridized carbons (Fsp3) is 0.783. The Balaban J connectivity index is 5.76. The second-order valence-corrected chi connectivity index (χ2v) is 8.49. The van der Waals surface area contributed by atoms with Gasteiger partial charge in [-0.25, -0.2) is 4.79 Å². The van der Waals surface area contributed by atoms with Crippen molar-refractivity contribution in [2.75, 3.05) is 20.7 Å². The van der Waals surface area contributed by atoms with Crippen molar-refractivity contribution in [2.45, 2.75) is 85.9 Å². The first kappa shape index (κ1) is 28.1. The highest BCUT2D eigenvalue weighted by atomic mass is 16.5. The maximum Gasteiger partial charge on any atom is 0.333 e. The van der Waals surface area contributed by atoms with Crippen molar-refractivity contribution in [3.63, 3.8) is 0 Å². The van der Waals surface area contributed by atoms with Gasteiger partial charge in [0.2, 0.25) is 11.8 Å². The molecule has 0 spiro atoms. The van der Waals surface area contributed by atoms with Crippen molar-refractivity contribution < 1.29 is 19.1 Å². The van der Waals surface area contributed by atoms with Gasteiger partial charge in [0.25, 0.3) is 0 Å². The number of nitrogens with zero attached hydrogens (tertiary/aromatic N) is 1. The van der Waals surface area contributed by atoms with Crippen LogP contribution in [-0.2, 0) is 19.1 Å². The molecule has 0 saturated carbocycles. The highest BCUT2D eigenvalue weighted by Gasteiger charge is 2.38. The minimum atomic E-state index is -0.705. The molecule has 0 aliphatic rings. The van der Waals surface area contributed by atoms with E-state index in [0.29, 0.717) is 25.0 Å². The van der Waals surface area contributed by atoms with Gasteiger partial charge in [-0.2, -0.15) is 0 Å². The van der Waals surface area contributed by atoms with Gasteiger partial charge in [0.15, 0.2) is 0 Å². The molecule has 2 amide bonds. The van der Waals surface area contributed by atoms with Gasteiger partial charge in [-0.3, -0.25) is 9.59 Å². The Bertz CT molecular complexity index is 601. The molecule has 0 rings (SSSR count). The van der Waals surface area contributed by atoms with Crippen LogP contribution in [0.5, 0.6) is 0 Å². The van der Waals surface area contributed by atoms with E-state index in [4.69, 9.17) is 4.74 Å². The first-order valence-corrected chi connectivity index (χ1v) is 11.0. The Morgan fingerprint density at radius 3 is 1.93 bits per heavy atom. The second-order valence-electron chi connectivity index (χ2n) is 8.49. The van der Waals surface area contributed by atoms with E-state index in [-0.39, 0.29) is 35.7 Å². The fourth-order valence-electron chi connectivity index (χ4n) is 3.52. The fourth-order valence-corrected chi connectivity index (χ4v) is 3.52. The summed E-state index contributed by atoms with van der Waals surface area (Å²) >= 11 is 0. The maximum atomic E-state index is 13.4. The Hall–Kier alpha value is -1.89. The Morgan fingerprint density at radius 2 is 1.57 bits per heavy atom. The number of likely N-dealkylation sites (N-methyl/N-ethyl adjacent to an activating group) is 2. The molecule has 2 N–H and O–H groups in total. The third kappa shape index (κ3) is 7.11. The van der Waals surface area contributed by atoms with Crippen molar-refractivity contribution in [1.82, 2.24) is 15.5 Å². The van der Waals surface area contributed by atoms with Crippen LogP contribution in [0.3, 0.4) is 0 Å². The molecule has 0 aromatic carbocycles. The normalized spacial score (nSPS) is 14.5. The van der Waals surface area contributed by atoms with Gasteiger partial charge in [0.1, 0.15) is 6.04 Å². The van der Waals surface area contributed by atoms with Crippen molar-refractivity contribution >= 4 is 17.8 Å². The van der Waals surface area contributed by atoms with E-state index in [0.717, 1.165) is 0 Å². The molecule has 0 unspecified atom stereocenters. The van der Waals surface area contributed by atoms with E-state index in [1.807, 2.05) is 41.5 Å². The topological polar surface area (TPSA) is 87.7 Å². The van der Waals surface area contributed by atoms with Crippen LogP contribution in [0.25, 0.3) is 0 Å². The molecule has 7 heteroatoms. The lowest BCUT2D eigenvalue weighted by Gasteiger charge is -2.36.